The Balaban J connectivity index is 1.29. The predicted octanol–water partition coefficient (Wildman–Crippen LogP) is 6.66. The summed E-state index contributed by atoms with van der Waals surface area (Å²) in [6, 6.07) is 29.8. The molecule has 0 saturated heterocycles. The quantitative estimate of drug-likeness (QED) is 0.179. The number of nitrogens with zero attached hydrogens (tertiary/aromatic N) is 1. The number of amides is 1. The molecular formula is C30H27ClN2O4. The molecule has 37 heavy (non-hydrogen) atoms. The first-order valence-electron chi connectivity index (χ1n) is 11.8. The monoisotopic (exact) mass is 514 g/mol. The van der Waals surface area contributed by atoms with Gasteiger partial charge in [0.2, 0.25) is 0 Å². The van der Waals surface area contributed by atoms with Crippen molar-refractivity contribution in [3.05, 3.63) is 124 Å². The molecule has 0 heterocycles. The van der Waals surface area contributed by atoms with Crippen LogP contribution in [0.15, 0.2) is 102 Å². The Kier molecular flexibility index (Phi) is 9.16. The molecule has 0 spiro atoms. The van der Waals surface area contributed by atoms with E-state index in [2.05, 4.69) is 10.5 Å². The number of hydrogen-bond donors (Lipinski definition) is 1. The highest BCUT2D eigenvalue weighted by Gasteiger charge is 2.08. The largest absolute Gasteiger partial charge is 0.490 e. The molecule has 0 atom stereocenters. The lowest BCUT2D eigenvalue weighted by molar-refractivity contribution is 0.0955. The van der Waals surface area contributed by atoms with Gasteiger partial charge in [0.05, 0.1) is 12.8 Å². The summed E-state index contributed by atoms with van der Waals surface area (Å²) in [5.74, 6) is 1.79. The fourth-order valence-electron chi connectivity index (χ4n) is 3.41. The molecule has 4 rings (SSSR count). The maximum absolute atomic E-state index is 12.1. The van der Waals surface area contributed by atoms with Crippen LogP contribution < -0.4 is 19.6 Å². The molecule has 0 aliphatic heterocycles. The highest BCUT2D eigenvalue weighted by atomic mass is 35.5. The lowest BCUT2D eigenvalue weighted by Gasteiger charge is -2.14. The highest BCUT2D eigenvalue weighted by molar-refractivity contribution is 6.30. The van der Waals surface area contributed by atoms with E-state index < -0.39 is 0 Å². The van der Waals surface area contributed by atoms with Crippen LogP contribution in [-0.4, -0.2) is 18.7 Å². The Morgan fingerprint density at radius 1 is 0.811 bits per heavy atom. The van der Waals surface area contributed by atoms with Crippen molar-refractivity contribution in [2.75, 3.05) is 6.61 Å². The van der Waals surface area contributed by atoms with E-state index in [4.69, 9.17) is 25.8 Å². The second-order valence-electron chi connectivity index (χ2n) is 8.05. The third-order valence-electron chi connectivity index (χ3n) is 5.32. The molecule has 6 nitrogen and oxygen atoms in total. The summed E-state index contributed by atoms with van der Waals surface area (Å²) in [7, 11) is 0. The molecule has 0 bridgehead atoms. The molecule has 0 radical (unpaired) electrons. The lowest BCUT2D eigenvalue weighted by Crippen LogP contribution is -2.17. The molecule has 0 saturated carbocycles. The number of nitrogens with one attached hydrogen (secondary N) is 1. The van der Waals surface area contributed by atoms with Crippen LogP contribution in [0.4, 0.5) is 0 Å². The number of rotatable bonds is 11. The van der Waals surface area contributed by atoms with Crippen LogP contribution in [-0.2, 0) is 13.2 Å². The summed E-state index contributed by atoms with van der Waals surface area (Å²) in [5.41, 5.74) is 5.86. The molecule has 7 heteroatoms. The SMILES string of the molecule is CCOc1cc(COc2ccc(/C=N/NC(=O)c3ccc(Cl)cc3)cc2)ccc1OCc1ccccc1. The highest BCUT2D eigenvalue weighted by Crippen LogP contribution is 2.30. The number of hydrazone groups is 1. The van der Waals surface area contributed by atoms with Gasteiger partial charge in [-0.25, -0.2) is 5.43 Å². The zero-order valence-corrected chi connectivity index (χ0v) is 21.2. The molecule has 4 aromatic rings. The predicted molar refractivity (Wildman–Crippen MR) is 146 cm³/mol. The van der Waals surface area contributed by atoms with Gasteiger partial charge in [-0.05, 0) is 84.3 Å². The van der Waals surface area contributed by atoms with E-state index in [0.717, 1.165) is 16.7 Å². The van der Waals surface area contributed by atoms with Crippen molar-refractivity contribution in [3.8, 4) is 17.2 Å². The molecule has 0 unspecified atom stereocenters. The molecular weight excluding hydrogens is 488 g/mol. The van der Waals surface area contributed by atoms with Gasteiger partial charge < -0.3 is 14.2 Å². The number of hydrogen-bond acceptors (Lipinski definition) is 5. The first-order chi connectivity index (χ1) is 18.1. The van der Waals surface area contributed by atoms with Crippen LogP contribution in [0.3, 0.4) is 0 Å². The first-order valence-corrected chi connectivity index (χ1v) is 12.2. The van der Waals surface area contributed by atoms with Crippen molar-refractivity contribution in [1.29, 1.82) is 0 Å². The number of benzene rings is 4. The van der Waals surface area contributed by atoms with E-state index in [1.165, 1.54) is 0 Å². The van der Waals surface area contributed by atoms with Crippen molar-refractivity contribution in [2.45, 2.75) is 20.1 Å². The van der Waals surface area contributed by atoms with Gasteiger partial charge in [-0.2, -0.15) is 5.10 Å². The van der Waals surface area contributed by atoms with Crippen LogP contribution in [0.5, 0.6) is 17.2 Å². The summed E-state index contributed by atoms with van der Waals surface area (Å²) >= 11 is 5.85. The van der Waals surface area contributed by atoms with Gasteiger partial charge in [-0.15, -0.1) is 0 Å². The summed E-state index contributed by atoms with van der Waals surface area (Å²) in [6.45, 7) is 3.33. The second-order valence-corrected chi connectivity index (χ2v) is 8.49. The molecule has 1 amide bonds. The van der Waals surface area contributed by atoms with E-state index in [0.29, 0.717) is 47.7 Å². The van der Waals surface area contributed by atoms with Crippen LogP contribution in [0.25, 0.3) is 0 Å². The third kappa shape index (κ3) is 7.85. The van der Waals surface area contributed by atoms with Crippen molar-refractivity contribution in [3.63, 3.8) is 0 Å². The second kappa shape index (κ2) is 13.1. The molecule has 188 valence electrons. The summed E-state index contributed by atoms with van der Waals surface area (Å²) in [6.07, 6.45) is 1.57. The number of ether oxygens (including phenoxy) is 3. The maximum atomic E-state index is 12.1. The van der Waals surface area contributed by atoms with Gasteiger partial charge in [-0.3, -0.25) is 4.79 Å². The minimum atomic E-state index is -0.309. The van der Waals surface area contributed by atoms with Crippen LogP contribution >= 0.6 is 11.6 Å². The summed E-state index contributed by atoms with van der Waals surface area (Å²) in [4.78, 5) is 12.1. The Morgan fingerprint density at radius 2 is 1.54 bits per heavy atom. The molecule has 0 fully saturated rings. The first kappa shape index (κ1) is 25.8. The van der Waals surface area contributed by atoms with E-state index >= 15 is 0 Å². The average molecular weight is 515 g/mol. The van der Waals surface area contributed by atoms with E-state index in [9.17, 15) is 4.79 Å². The fraction of sp³-hybridized carbons (Fsp3) is 0.133. The molecule has 1 N–H and O–H groups in total. The third-order valence-corrected chi connectivity index (χ3v) is 5.57. The van der Waals surface area contributed by atoms with Gasteiger partial charge in [0, 0.05) is 10.6 Å². The van der Waals surface area contributed by atoms with Crippen molar-refractivity contribution >= 4 is 23.7 Å². The van der Waals surface area contributed by atoms with Gasteiger partial charge in [0.15, 0.2) is 11.5 Å². The lowest BCUT2D eigenvalue weighted by atomic mass is 10.2. The molecule has 0 aliphatic rings. The Labute approximate surface area is 221 Å². The molecule has 4 aromatic carbocycles. The normalized spacial score (nSPS) is 10.8. The topological polar surface area (TPSA) is 69.2 Å². The van der Waals surface area contributed by atoms with E-state index in [-0.39, 0.29) is 5.91 Å². The van der Waals surface area contributed by atoms with Crippen LogP contribution in [0, 0.1) is 0 Å². The van der Waals surface area contributed by atoms with Gasteiger partial charge in [-0.1, -0.05) is 48.0 Å². The minimum Gasteiger partial charge on any atom is -0.490 e. The average Bonchev–Trinajstić information content (AvgIpc) is 2.93. The summed E-state index contributed by atoms with van der Waals surface area (Å²) in [5, 5.41) is 4.58. The van der Waals surface area contributed by atoms with Gasteiger partial charge >= 0.3 is 0 Å². The number of halogens is 1. The number of carbonyl (C=O) groups is 1. The number of carbonyl (C=O) groups excluding carboxylic acids is 1. The molecule has 0 aromatic heterocycles. The molecule has 0 aliphatic carbocycles. The van der Waals surface area contributed by atoms with Crippen LogP contribution in [0.1, 0.15) is 34.0 Å². The Bertz CT molecular complexity index is 1320. The maximum Gasteiger partial charge on any atom is 0.271 e. The fourth-order valence-corrected chi connectivity index (χ4v) is 3.54. The van der Waals surface area contributed by atoms with E-state index in [1.807, 2.05) is 79.7 Å². The standard InChI is InChI=1S/C30H27ClN2O4/c1-2-35-29-18-24(10-17-28(29)37-20-23-6-4-3-5-7-23)21-36-27-15-8-22(9-16-27)19-32-33-30(34)25-11-13-26(31)14-12-25/h3-19H,2,20-21H2,1H3,(H,33,34)/b32-19+. The smallest absolute Gasteiger partial charge is 0.271 e. The summed E-state index contributed by atoms with van der Waals surface area (Å²) < 4.78 is 17.7. The van der Waals surface area contributed by atoms with Gasteiger partial charge in [0.25, 0.3) is 5.91 Å². The van der Waals surface area contributed by atoms with Gasteiger partial charge in [0.1, 0.15) is 19.0 Å². The zero-order valence-electron chi connectivity index (χ0n) is 20.4. The van der Waals surface area contributed by atoms with E-state index in [1.54, 1.807) is 30.5 Å². The Morgan fingerprint density at radius 3 is 2.27 bits per heavy atom. The van der Waals surface area contributed by atoms with Crippen LogP contribution in [0.2, 0.25) is 5.02 Å². The minimum absolute atomic E-state index is 0.309. The van der Waals surface area contributed by atoms with Crippen molar-refractivity contribution in [1.82, 2.24) is 5.43 Å². The van der Waals surface area contributed by atoms with Crippen molar-refractivity contribution < 1.29 is 19.0 Å². The zero-order chi connectivity index (χ0) is 25.9. The Hall–Kier alpha value is -4.29. The van der Waals surface area contributed by atoms with Crippen molar-refractivity contribution in [2.24, 2.45) is 5.10 Å².